The highest BCUT2D eigenvalue weighted by Crippen LogP contribution is 2.30. The van der Waals surface area contributed by atoms with Gasteiger partial charge in [-0.15, -0.1) is 5.10 Å². The van der Waals surface area contributed by atoms with E-state index in [2.05, 4.69) is 36.3 Å². The highest BCUT2D eigenvalue weighted by atomic mass is 79.9. The first-order chi connectivity index (χ1) is 13.1. The largest absolute Gasteiger partial charge is 0.358 e. The van der Waals surface area contributed by atoms with Gasteiger partial charge in [0.25, 0.3) is 0 Å². The summed E-state index contributed by atoms with van der Waals surface area (Å²) in [6.45, 7) is -0.0799. The fourth-order valence-corrected chi connectivity index (χ4v) is 3.36. The molecule has 4 aromatic rings. The molecule has 0 aliphatic carbocycles. The van der Waals surface area contributed by atoms with Crippen LogP contribution in [0.1, 0.15) is 5.69 Å². The first kappa shape index (κ1) is 17.3. The summed E-state index contributed by atoms with van der Waals surface area (Å²) in [6.07, 6.45) is 1.48. The van der Waals surface area contributed by atoms with E-state index >= 15 is 0 Å². The number of pyridine rings is 1. The molecule has 0 spiro atoms. The number of nitrogens with zero attached hydrogens (tertiary/aromatic N) is 5. The summed E-state index contributed by atoms with van der Waals surface area (Å²) >= 11 is 3.51. The molecule has 0 aliphatic heterocycles. The molecule has 4 rings (SSSR count). The predicted molar refractivity (Wildman–Crippen MR) is 103 cm³/mol. The predicted octanol–water partition coefficient (Wildman–Crippen LogP) is 2.94. The third-order valence-electron chi connectivity index (χ3n) is 4.08. The van der Waals surface area contributed by atoms with E-state index in [1.807, 2.05) is 30.3 Å². The van der Waals surface area contributed by atoms with Gasteiger partial charge in [-0.1, -0.05) is 30.3 Å². The van der Waals surface area contributed by atoms with E-state index in [-0.39, 0.29) is 12.2 Å². The Labute approximate surface area is 161 Å². The van der Waals surface area contributed by atoms with E-state index in [9.17, 15) is 9.18 Å². The average Bonchev–Trinajstić information content (AvgIpc) is 3.02. The normalized spacial score (nSPS) is 11.1. The van der Waals surface area contributed by atoms with Crippen molar-refractivity contribution in [1.82, 2.24) is 24.1 Å². The summed E-state index contributed by atoms with van der Waals surface area (Å²) < 4.78 is 17.0. The lowest BCUT2D eigenvalue weighted by atomic mass is 10.1. The van der Waals surface area contributed by atoms with Crippen LogP contribution >= 0.6 is 15.9 Å². The lowest BCUT2D eigenvalue weighted by molar-refractivity contribution is 0.564. The summed E-state index contributed by atoms with van der Waals surface area (Å²) in [5, 5.41) is 7.30. The van der Waals surface area contributed by atoms with Crippen molar-refractivity contribution >= 4 is 27.5 Å². The molecular formula is C18H14BrFN6O. The van der Waals surface area contributed by atoms with Crippen molar-refractivity contribution < 1.29 is 4.39 Å². The van der Waals surface area contributed by atoms with Crippen LogP contribution in [0.2, 0.25) is 0 Å². The minimum atomic E-state index is -0.488. The Morgan fingerprint density at radius 1 is 1.19 bits per heavy atom. The maximum atomic E-state index is 13.9. The molecule has 0 bridgehead atoms. The second kappa shape index (κ2) is 6.92. The first-order valence-corrected chi connectivity index (χ1v) is 8.91. The zero-order valence-electron chi connectivity index (χ0n) is 14.2. The number of benzene rings is 1. The van der Waals surface area contributed by atoms with E-state index in [4.69, 9.17) is 0 Å². The topological polar surface area (TPSA) is 77.1 Å². The summed E-state index contributed by atoms with van der Waals surface area (Å²) in [7, 11) is 1.67. The van der Waals surface area contributed by atoms with Gasteiger partial charge in [0.15, 0.2) is 5.65 Å². The van der Waals surface area contributed by atoms with Gasteiger partial charge in [-0.2, -0.15) is 0 Å². The van der Waals surface area contributed by atoms with Crippen LogP contribution < -0.4 is 11.0 Å². The Bertz CT molecular complexity index is 1190. The fraction of sp³-hybridized carbons (Fsp3) is 0.111. The molecular weight excluding hydrogens is 415 g/mol. The molecule has 7 nitrogen and oxygen atoms in total. The first-order valence-electron chi connectivity index (χ1n) is 8.11. The maximum Gasteiger partial charge on any atom is 0.353 e. The number of hydrogen-bond acceptors (Lipinski definition) is 5. The van der Waals surface area contributed by atoms with E-state index in [0.717, 1.165) is 5.56 Å². The standard InChI is InChI=1S/C18H14BrFN6O/c1-21-17-23-15(11-6-3-2-4-7-11)14(19)16-24-25(18(27)26(16)17)10-13-12(20)8-5-9-22-13/h2-9H,10H2,1H3,(H,21,23). The number of fused-ring (bicyclic) bond motifs is 1. The molecule has 0 amide bonds. The minimum Gasteiger partial charge on any atom is -0.358 e. The third-order valence-corrected chi connectivity index (χ3v) is 4.81. The van der Waals surface area contributed by atoms with Gasteiger partial charge in [0, 0.05) is 18.8 Å². The number of aromatic nitrogens is 5. The van der Waals surface area contributed by atoms with Crippen LogP contribution in [0.25, 0.3) is 16.9 Å². The highest BCUT2D eigenvalue weighted by molar-refractivity contribution is 9.10. The molecule has 0 atom stereocenters. The van der Waals surface area contributed by atoms with Crippen LogP contribution in [0.4, 0.5) is 10.3 Å². The van der Waals surface area contributed by atoms with Crippen LogP contribution in [0.3, 0.4) is 0 Å². The fourth-order valence-electron chi connectivity index (χ4n) is 2.79. The quantitative estimate of drug-likeness (QED) is 0.540. The van der Waals surface area contributed by atoms with Crippen LogP contribution in [0.15, 0.2) is 57.9 Å². The van der Waals surface area contributed by atoms with Gasteiger partial charge < -0.3 is 5.32 Å². The summed E-state index contributed by atoms with van der Waals surface area (Å²) in [4.78, 5) is 21.4. The second-order valence-corrected chi connectivity index (χ2v) is 6.54. The van der Waals surface area contributed by atoms with Gasteiger partial charge in [-0.25, -0.2) is 23.3 Å². The minimum absolute atomic E-state index is 0.0799. The Morgan fingerprint density at radius 2 is 1.96 bits per heavy atom. The monoisotopic (exact) mass is 428 g/mol. The molecule has 0 unspecified atom stereocenters. The number of anilines is 1. The van der Waals surface area contributed by atoms with Crippen molar-refractivity contribution in [2.45, 2.75) is 6.54 Å². The van der Waals surface area contributed by atoms with Crippen molar-refractivity contribution in [2.75, 3.05) is 12.4 Å². The van der Waals surface area contributed by atoms with E-state index in [0.29, 0.717) is 21.8 Å². The maximum absolute atomic E-state index is 13.9. The molecule has 0 saturated carbocycles. The molecule has 3 aromatic heterocycles. The molecule has 0 saturated heterocycles. The summed E-state index contributed by atoms with van der Waals surface area (Å²) in [5.41, 5.74) is 1.61. The molecule has 27 heavy (non-hydrogen) atoms. The lowest BCUT2D eigenvalue weighted by Crippen LogP contribution is -2.24. The van der Waals surface area contributed by atoms with Crippen molar-refractivity contribution in [1.29, 1.82) is 0 Å². The van der Waals surface area contributed by atoms with Crippen LogP contribution in [0.5, 0.6) is 0 Å². The van der Waals surface area contributed by atoms with Gasteiger partial charge in [-0.3, -0.25) is 4.98 Å². The molecule has 0 fully saturated rings. The van der Waals surface area contributed by atoms with Crippen molar-refractivity contribution in [2.24, 2.45) is 0 Å². The molecule has 3 heterocycles. The van der Waals surface area contributed by atoms with Gasteiger partial charge in [-0.05, 0) is 28.1 Å². The van der Waals surface area contributed by atoms with Gasteiger partial charge in [0.1, 0.15) is 5.82 Å². The Balaban J connectivity index is 1.92. The smallest absolute Gasteiger partial charge is 0.353 e. The number of rotatable bonds is 4. The van der Waals surface area contributed by atoms with E-state index in [1.54, 1.807) is 7.05 Å². The SMILES string of the molecule is CNc1nc(-c2ccccc2)c(Br)c2nn(Cc3ncccc3F)c(=O)n12. The van der Waals surface area contributed by atoms with Gasteiger partial charge in [0.2, 0.25) is 5.95 Å². The number of hydrogen-bond donors (Lipinski definition) is 1. The molecule has 136 valence electrons. The lowest BCUT2D eigenvalue weighted by Gasteiger charge is -2.08. The van der Waals surface area contributed by atoms with Crippen LogP contribution in [0, 0.1) is 5.82 Å². The van der Waals surface area contributed by atoms with E-state index in [1.165, 1.54) is 27.4 Å². The van der Waals surface area contributed by atoms with E-state index < -0.39 is 11.5 Å². The molecule has 0 aliphatic rings. The van der Waals surface area contributed by atoms with Crippen LogP contribution in [-0.2, 0) is 6.54 Å². The molecule has 0 radical (unpaired) electrons. The summed E-state index contributed by atoms with van der Waals surface area (Å²) in [5.74, 6) is -0.151. The number of halogens is 2. The molecule has 1 aromatic carbocycles. The molecule has 1 N–H and O–H groups in total. The van der Waals surface area contributed by atoms with Gasteiger partial charge >= 0.3 is 5.69 Å². The van der Waals surface area contributed by atoms with Crippen LogP contribution in [-0.4, -0.2) is 31.2 Å². The zero-order chi connectivity index (χ0) is 19.0. The summed E-state index contributed by atoms with van der Waals surface area (Å²) in [6, 6.07) is 12.4. The van der Waals surface area contributed by atoms with Crippen molar-refractivity contribution in [3.05, 3.63) is 75.1 Å². The number of nitrogens with one attached hydrogen (secondary N) is 1. The molecule has 9 heteroatoms. The average molecular weight is 429 g/mol. The van der Waals surface area contributed by atoms with Crippen molar-refractivity contribution in [3.63, 3.8) is 0 Å². The Hall–Kier alpha value is -3.07. The van der Waals surface area contributed by atoms with Crippen molar-refractivity contribution in [3.8, 4) is 11.3 Å². The second-order valence-electron chi connectivity index (χ2n) is 5.75. The Morgan fingerprint density at radius 3 is 2.67 bits per heavy atom. The Kier molecular flexibility index (Phi) is 4.44. The third kappa shape index (κ3) is 2.99. The highest BCUT2D eigenvalue weighted by Gasteiger charge is 2.20. The zero-order valence-corrected chi connectivity index (χ0v) is 15.8. The van der Waals surface area contributed by atoms with Gasteiger partial charge in [0.05, 0.1) is 22.4 Å².